The lowest BCUT2D eigenvalue weighted by molar-refractivity contribution is 0.0600. The van der Waals surface area contributed by atoms with Crippen LogP contribution in [0.5, 0.6) is 5.75 Å². The predicted molar refractivity (Wildman–Crippen MR) is 74.4 cm³/mol. The Balaban J connectivity index is 3.28. The van der Waals surface area contributed by atoms with E-state index in [0.29, 0.717) is 16.7 Å². The number of phenols is 1. The van der Waals surface area contributed by atoms with Gasteiger partial charge < -0.3 is 9.84 Å². The molecule has 0 unspecified atom stereocenters. The van der Waals surface area contributed by atoms with Gasteiger partial charge in [0.05, 0.1) is 18.2 Å². The molecule has 0 heterocycles. The molecule has 0 aliphatic carbocycles. The Bertz CT molecular complexity index is 530. The van der Waals surface area contributed by atoms with E-state index in [1.54, 1.807) is 19.1 Å². The van der Waals surface area contributed by atoms with E-state index in [1.807, 2.05) is 0 Å². The van der Waals surface area contributed by atoms with Crippen LogP contribution in [0.3, 0.4) is 0 Å². The number of hydrogen-bond donors (Lipinski definition) is 1. The van der Waals surface area contributed by atoms with Gasteiger partial charge in [0.15, 0.2) is 0 Å². The van der Waals surface area contributed by atoms with Crippen LogP contribution in [0, 0.1) is 18.4 Å². The molecule has 0 aromatic heterocycles. The largest absolute Gasteiger partial charge is 0.507 e. The molecular formula is C14H18O3Si. The van der Waals surface area contributed by atoms with E-state index in [2.05, 4.69) is 31.1 Å². The number of aryl methyl sites for hydroxylation is 1. The Morgan fingerprint density at radius 2 is 1.94 bits per heavy atom. The van der Waals surface area contributed by atoms with Crippen molar-refractivity contribution in [3.8, 4) is 17.2 Å². The number of carbonyl (C=O) groups excluding carboxylic acids is 1. The molecule has 1 rings (SSSR count). The number of carbonyl (C=O) groups is 1. The molecule has 3 nitrogen and oxygen atoms in total. The van der Waals surface area contributed by atoms with Crippen molar-refractivity contribution >= 4 is 14.0 Å². The second kappa shape index (κ2) is 5.28. The van der Waals surface area contributed by atoms with Gasteiger partial charge in [0.2, 0.25) is 0 Å². The van der Waals surface area contributed by atoms with Gasteiger partial charge in [-0.2, -0.15) is 0 Å². The van der Waals surface area contributed by atoms with Gasteiger partial charge in [0.25, 0.3) is 0 Å². The maximum Gasteiger partial charge on any atom is 0.338 e. The van der Waals surface area contributed by atoms with E-state index >= 15 is 0 Å². The quantitative estimate of drug-likeness (QED) is 0.481. The number of phenolic OH excluding ortho intramolecular Hbond substituents is 1. The van der Waals surface area contributed by atoms with E-state index in [-0.39, 0.29) is 5.75 Å². The van der Waals surface area contributed by atoms with Gasteiger partial charge in [0, 0.05) is 0 Å². The summed E-state index contributed by atoms with van der Waals surface area (Å²) in [6.45, 7) is 8.10. The molecule has 0 bridgehead atoms. The summed E-state index contributed by atoms with van der Waals surface area (Å²) < 4.78 is 4.70. The molecule has 1 N–H and O–H groups in total. The van der Waals surface area contributed by atoms with Crippen LogP contribution in [0.25, 0.3) is 0 Å². The molecule has 0 saturated heterocycles. The Kier molecular flexibility index (Phi) is 4.20. The fourth-order valence-electron chi connectivity index (χ4n) is 1.38. The summed E-state index contributed by atoms with van der Waals surface area (Å²) in [5.41, 5.74) is 4.75. The highest BCUT2D eigenvalue weighted by Gasteiger charge is 2.13. The zero-order chi connectivity index (χ0) is 13.9. The second-order valence-electron chi connectivity index (χ2n) is 5.18. The topological polar surface area (TPSA) is 46.5 Å². The van der Waals surface area contributed by atoms with Crippen molar-refractivity contribution in [2.45, 2.75) is 26.6 Å². The molecule has 0 spiro atoms. The lowest BCUT2D eigenvalue weighted by Crippen LogP contribution is -2.16. The van der Waals surface area contributed by atoms with Crippen LogP contribution in [0.2, 0.25) is 19.6 Å². The summed E-state index contributed by atoms with van der Waals surface area (Å²) in [6, 6.07) is 3.13. The molecule has 1 aromatic rings. The van der Waals surface area contributed by atoms with Gasteiger partial charge in [0.1, 0.15) is 13.8 Å². The maximum absolute atomic E-state index is 11.6. The first-order chi connectivity index (χ1) is 8.24. The van der Waals surface area contributed by atoms with Gasteiger partial charge in [-0.3, -0.25) is 0 Å². The summed E-state index contributed by atoms with van der Waals surface area (Å²) in [4.78, 5) is 11.6. The summed E-state index contributed by atoms with van der Waals surface area (Å²) in [7, 11) is -0.182. The Labute approximate surface area is 109 Å². The minimum Gasteiger partial charge on any atom is -0.507 e. The van der Waals surface area contributed by atoms with Gasteiger partial charge in [-0.1, -0.05) is 25.6 Å². The van der Waals surface area contributed by atoms with Crippen LogP contribution in [-0.4, -0.2) is 26.3 Å². The first-order valence-electron chi connectivity index (χ1n) is 5.69. The number of rotatable bonds is 1. The minimum atomic E-state index is -1.52. The number of ether oxygens (including phenoxy) is 1. The third kappa shape index (κ3) is 3.64. The van der Waals surface area contributed by atoms with Gasteiger partial charge in [-0.15, -0.1) is 5.54 Å². The number of benzene rings is 1. The van der Waals surface area contributed by atoms with Crippen LogP contribution < -0.4 is 0 Å². The zero-order valence-corrected chi connectivity index (χ0v) is 12.4. The first kappa shape index (κ1) is 14.3. The molecule has 0 atom stereocenters. The van der Waals surface area contributed by atoms with Gasteiger partial charge >= 0.3 is 5.97 Å². The lowest BCUT2D eigenvalue weighted by Gasteiger charge is -2.07. The van der Waals surface area contributed by atoms with Gasteiger partial charge in [-0.05, 0) is 24.6 Å². The molecular weight excluding hydrogens is 244 g/mol. The molecule has 0 saturated carbocycles. The molecule has 0 aliphatic heterocycles. The number of hydrogen-bond acceptors (Lipinski definition) is 3. The number of aromatic hydroxyl groups is 1. The minimum absolute atomic E-state index is 0.103. The van der Waals surface area contributed by atoms with Crippen LogP contribution in [0.4, 0.5) is 0 Å². The van der Waals surface area contributed by atoms with E-state index in [9.17, 15) is 9.90 Å². The highest BCUT2D eigenvalue weighted by molar-refractivity contribution is 6.83. The molecule has 18 heavy (non-hydrogen) atoms. The van der Waals surface area contributed by atoms with E-state index in [4.69, 9.17) is 4.74 Å². The van der Waals surface area contributed by atoms with Crippen molar-refractivity contribution in [1.29, 1.82) is 0 Å². The molecule has 4 heteroatoms. The van der Waals surface area contributed by atoms with Crippen molar-refractivity contribution in [2.75, 3.05) is 7.11 Å². The highest BCUT2D eigenvalue weighted by Crippen LogP contribution is 2.22. The predicted octanol–water partition coefficient (Wildman–Crippen LogP) is 2.72. The molecule has 0 aliphatic rings. The van der Waals surface area contributed by atoms with E-state index in [0.717, 1.165) is 0 Å². The van der Waals surface area contributed by atoms with E-state index in [1.165, 1.54) is 7.11 Å². The third-order valence-corrected chi connectivity index (χ3v) is 3.20. The SMILES string of the molecule is COC(=O)c1cc(C#C[Si](C)(C)C)c(O)cc1C. The van der Waals surface area contributed by atoms with Crippen LogP contribution in [-0.2, 0) is 4.74 Å². The van der Waals surface area contributed by atoms with Gasteiger partial charge in [-0.25, -0.2) is 4.79 Å². The third-order valence-electron chi connectivity index (χ3n) is 2.32. The summed E-state index contributed by atoms with van der Waals surface area (Å²) >= 11 is 0. The number of methoxy groups -OCH3 is 1. The van der Waals surface area contributed by atoms with Crippen LogP contribution in [0.15, 0.2) is 12.1 Å². The Morgan fingerprint density at radius 1 is 1.33 bits per heavy atom. The highest BCUT2D eigenvalue weighted by atomic mass is 28.3. The number of esters is 1. The lowest BCUT2D eigenvalue weighted by atomic mass is 10.0. The molecule has 0 fully saturated rings. The zero-order valence-electron chi connectivity index (χ0n) is 11.4. The molecule has 0 radical (unpaired) electrons. The van der Waals surface area contributed by atoms with Crippen LogP contribution >= 0.6 is 0 Å². The van der Waals surface area contributed by atoms with E-state index < -0.39 is 14.0 Å². The summed E-state index contributed by atoms with van der Waals surface area (Å²) in [6.07, 6.45) is 0. The smallest absolute Gasteiger partial charge is 0.338 e. The average molecular weight is 262 g/mol. The standard InChI is InChI=1S/C14H18O3Si/c1-10-8-13(15)11(6-7-18(3,4)5)9-12(10)14(16)17-2/h8-9,15H,1-5H3. The maximum atomic E-state index is 11.6. The monoisotopic (exact) mass is 262 g/mol. The van der Waals surface area contributed by atoms with Crippen molar-refractivity contribution in [3.05, 3.63) is 28.8 Å². The van der Waals surface area contributed by atoms with Crippen molar-refractivity contribution in [1.82, 2.24) is 0 Å². The van der Waals surface area contributed by atoms with Crippen LogP contribution in [0.1, 0.15) is 21.5 Å². The first-order valence-corrected chi connectivity index (χ1v) is 9.19. The normalized spacial score (nSPS) is 10.5. The Hall–Kier alpha value is -1.73. The average Bonchev–Trinajstić information content (AvgIpc) is 2.25. The van der Waals surface area contributed by atoms with Crippen molar-refractivity contribution in [3.63, 3.8) is 0 Å². The molecule has 0 amide bonds. The molecule has 1 aromatic carbocycles. The summed E-state index contributed by atoms with van der Waals surface area (Å²) in [5.74, 6) is 2.64. The Morgan fingerprint density at radius 3 is 2.44 bits per heavy atom. The van der Waals surface area contributed by atoms with Crippen molar-refractivity contribution in [2.24, 2.45) is 0 Å². The fourth-order valence-corrected chi connectivity index (χ4v) is 1.89. The fraction of sp³-hybridized carbons (Fsp3) is 0.357. The second-order valence-corrected chi connectivity index (χ2v) is 9.93. The summed E-state index contributed by atoms with van der Waals surface area (Å²) in [5, 5.41) is 9.83. The van der Waals surface area contributed by atoms with Crippen molar-refractivity contribution < 1.29 is 14.6 Å². The molecule has 96 valence electrons.